The van der Waals surface area contributed by atoms with Crippen LogP contribution in [0.2, 0.25) is 0 Å². The van der Waals surface area contributed by atoms with Gasteiger partial charge in [-0.05, 0) is 25.0 Å². The van der Waals surface area contributed by atoms with Crippen molar-refractivity contribution >= 4 is 21.6 Å². The van der Waals surface area contributed by atoms with E-state index in [9.17, 15) is 0 Å². The van der Waals surface area contributed by atoms with Gasteiger partial charge in [0.1, 0.15) is 0 Å². The first-order valence-electron chi connectivity index (χ1n) is 5.29. The van der Waals surface area contributed by atoms with Gasteiger partial charge >= 0.3 is 0 Å². The molecule has 72 valence electrons. The molecule has 0 unspecified atom stereocenters. The third kappa shape index (κ3) is 1.34. The molecule has 0 aliphatic heterocycles. The van der Waals surface area contributed by atoms with Crippen LogP contribution in [-0.4, -0.2) is 4.98 Å². The molecule has 2 aromatic rings. The number of rotatable bonds is 1. The monoisotopic (exact) mass is 203 g/mol. The average molecular weight is 203 g/mol. The molecule has 0 atom stereocenters. The summed E-state index contributed by atoms with van der Waals surface area (Å²) in [5.41, 5.74) is 1.18. The van der Waals surface area contributed by atoms with E-state index in [-0.39, 0.29) is 0 Å². The molecular formula is C12H13NS. The second kappa shape index (κ2) is 3.35. The molecule has 2 heteroatoms. The number of thiazole rings is 1. The molecular weight excluding hydrogens is 190 g/mol. The van der Waals surface area contributed by atoms with Gasteiger partial charge in [-0.1, -0.05) is 25.0 Å². The zero-order chi connectivity index (χ0) is 9.38. The van der Waals surface area contributed by atoms with E-state index < -0.39 is 0 Å². The average Bonchev–Trinajstić information content (AvgIpc) is 2.86. The second-order valence-corrected chi connectivity index (χ2v) is 5.06. The first-order valence-corrected chi connectivity index (χ1v) is 6.10. The molecule has 3 rings (SSSR count). The van der Waals surface area contributed by atoms with E-state index in [1.807, 2.05) is 11.3 Å². The van der Waals surface area contributed by atoms with E-state index in [1.165, 1.54) is 40.9 Å². The Balaban J connectivity index is 2.05. The van der Waals surface area contributed by atoms with Crippen molar-refractivity contribution in [1.82, 2.24) is 4.98 Å². The summed E-state index contributed by atoms with van der Waals surface area (Å²) in [5.74, 6) is 0.757. The van der Waals surface area contributed by atoms with Crippen molar-refractivity contribution in [3.8, 4) is 0 Å². The number of benzene rings is 1. The van der Waals surface area contributed by atoms with E-state index in [4.69, 9.17) is 4.98 Å². The molecule has 1 aliphatic rings. The first kappa shape index (κ1) is 8.42. The fraction of sp³-hybridized carbons (Fsp3) is 0.417. The van der Waals surface area contributed by atoms with Crippen molar-refractivity contribution in [2.24, 2.45) is 0 Å². The van der Waals surface area contributed by atoms with Gasteiger partial charge in [0.25, 0.3) is 0 Å². The van der Waals surface area contributed by atoms with Crippen LogP contribution >= 0.6 is 11.3 Å². The minimum atomic E-state index is 0.757. The molecule has 14 heavy (non-hydrogen) atoms. The SMILES string of the molecule is c1ccc2sc(C3CCCC3)nc2c1. The molecule has 0 amide bonds. The topological polar surface area (TPSA) is 12.9 Å². The Morgan fingerprint density at radius 3 is 2.71 bits per heavy atom. The van der Waals surface area contributed by atoms with Crippen molar-refractivity contribution in [1.29, 1.82) is 0 Å². The summed E-state index contributed by atoms with van der Waals surface area (Å²) in [6, 6.07) is 8.45. The molecule has 1 saturated carbocycles. The van der Waals surface area contributed by atoms with Crippen LogP contribution in [0, 0.1) is 0 Å². The number of hydrogen-bond acceptors (Lipinski definition) is 2. The molecule has 0 N–H and O–H groups in total. The minimum absolute atomic E-state index is 0.757. The number of fused-ring (bicyclic) bond motifs is 1. The molecule has 1 heterocycles. The maximum Gasteiger partial charge on any atom is 0.0969 e. The van der Waals surface area contributed by atoms with Gasteiger partial charge in [-0.25, -0.2) is 4.98 Å². The molecule has 1 aliphatic carbocycles. The largest absolute Gasteiger partial charge is 0.241 e. The van der Waals surface area contributed by atoms with Crippen LogP contribution in [0.5, 0.6) is 0 Å². The zero-order valence-electron chi connectivity index (χ0n) is 8.07. The fourth-order valence-electron chi connectivity index (χ4n) is 2.24. The van der Waals surface area contributed by atoms with Gasteiger partial charge in [0.2, 0.25) is 0 Å². The highest BCUT2D eigenvalue weighted by atomic mass is 32.1. The van der Waals surface area contributed by atoms with Crippen LogP contribution in [0.1, 0.15) is 36.6 Å². The second-order valence-electron chi connectivity index (χ2n) is 4.00. The Hall–Kier alpha value is -0.890. The van der Waals surface area contributed by atoms with E-state index in [1.54, 1.807) is 0 Å². The lowest BCUT2D eigenvalue weighted by molar-refractivity contribution is 0.718. The van der Waals surface area contributed by atoms with Gasteiger partial charge in [-0.15, -0.1) is 11.3 Å². The number of aromatic nitrogens is 1. The van der Waals surface area contributed by atoms with E-state index >= 15 is 0 Å². The van der Waals surface area contributed by atoms with Gasteiger partial charge in [0, 0.05) is 5.92 Å². The smallest absolute Gasteiger partial charge is 0.0969 e. The summed E-state index contributed by atoms with van der Waals surface area (Å²) in [6.07, 6.45) is 5.47. The quantitative estimate of drug-likeness (QED) is 0.683. The highest BCUT2D eigenvalue weighted by Crippen LogP contribution is 2.37. The van der Waals surface area contributed by atoms with Crippen molar-refractivity contribution in [2.75, 3.05) is 0 Å². The van der Waals surface area contributed by atoms with Crippen molar-refractivity contribution in [3.63, 3.8) is 0 Å². The molecule has 0 spiro atoms. The predicted octanol–water partition coefficient (Wildman–Crippen LogP) is 3.95. The lowest BCUT2D eigenvalue weighted by Gasteiger charge is -2.01. The molecule has 1 aromatic carbocycles. The summed E-state index contributed by atoms with van der Waals surface area (Å²) in [7, 11) is 0. The van der Waals surface area contributed by atoms with Crippen LogP contribution in [-0.2, 0) is 0 Å². The standard InChI is InChI=1S/C12H13NS/c1-2-6-9(5-1)12-13-10-7-3-4-8-11(10)14-12/h3-4,7-9H,1-2,5-6H2. The van der Waals surface area contributed by atoms with Crippen molar-refractivity contribution < 1.29 is 0 Å². The summed E-state index contributed by atoms with van der Waals surface area (Å²) >= 11 is 1.88. The first-order chi connectivity index (χ1) is 6.93. The van der Waals surface area contributed by atoms with Gasteiger partial charge < -0.3 is 0 Å². The molecule has 0 radical (unpaired) electrons. The van der Waals surface area contributed by atoms with Crippen LogP contribution < -0.4 is 0 Å². The Morgan fingerprint density at radius 2 is 1.93 bits per heavy atom. The third-order valence-electron chi connectivity index (χ3n) is 3.01. The van der Waals surface area contributed by atoms with Gasteiger partial charge in [-0.3, -0.25) is 0 Å². The maximum absolute atomic E-state index is 4.71. The van der Waals surface area contributed by atoms with Crippen LogP contribution in [0.4, 0.5) is 0 Å². The lowest BCUT2D eigenvalue weighted by Crippen LogP contribution is -1.89. The highest BCUT2D eigenvalue weighted by molar-refractivity contribution is 7.18. The van der Waals surface area contributed by atoms with Gasteiger partial charge in [0.15, 0.2) is 0 Å². The summed E-state index contributed by atoms with van der Waals surface area (Å²) in [6.45, 7) is 0. The Bertz CT molecular complexity index is 407. The van der Waals surface area contributed by atoms with Crippen molar-refractivity contribution in [3.05, 3.63) is 29.3 Å². The van der Waals surface area contributed by atoms with Crippen molar-refractivity contribution in [2.45, 2.75) is 31.6 Å². The normalized spacial score (nSPS) is 18.0. The minimum Gasteiger partial charge on any atom is -0.241 e. The van der Waals surface area contributed by atoms with E-state index in [2.05, 4.69) is 24.3 Å². The summed E-state index contributed by atoms with van der Waals surface area (Å²) < 4.78 is 1.34. The number of para-hydroxylation sites is 1. The predicted molar refractivity (Wildman–Crippen MR) is 60.8 cm³/mol. The molecule has 1 fully saturated rings. The van der Waals surface area contributed by atoms with Gasteiger partial charge in [0.05, 0.1) is 15.2 Å². The highest BCUT2D eigenvalue weighted by Gasteiger charge is 2.20. The maximum atomic E-state index is 4.71. The van der Waals surface area contributed by atoms with E-state index in [0.29, 0.717) is 0 Å². The van der Waals surface area contributed by atoms with E-state index in [0.717, 1.165) is 5.92 Å². The zero-order valence-corrected chi connectivity index (χ0v) is 8.89. The lowest BCUT2D eigenvalue weighted by atomic mass is 10.1. The summed E-state index contributed by atoms with van der Waals surface area (Å²) in [5, 5.41) is 1.36. The molecule has 1 aromatic heterocycles. The number of nitrogens with zero attached hydrogens (tertiary/aromatic N) is 1. The molecule has 0 saturated heterocycles. The Morgan fingerprint density at radius 1 is 1.14 bits per heavy atom. The third-order valence-corrected chi connectivity index (χ3v) is 4.21. The number of hydrogen-bond donors (Lipinski definition) is 0. The molecule has 0 bridgehead atoms. The van der Waals surface area contributed by atoms with Crippen LogP contribution in [0.15, 0.2) is 24.3 Å². The van der Waals surface area contributed by atoms with Crippen LogP contribution in [0.25, 0.3) is 10.2 Å². The van der Waals surface area contributed by atoms with Gasteiger partial charge in [-0.2, -0.15) is 0 Å². The summed E-state index contributed by atoms with van der Waals surface area (Å²) in [4.78, 5) is 4.71. The van der Waals surface area contributed by atoms with Crippen LogP contribution in [0.3, 0.4) is 0 Å². The Labute approximate surface area is 87.8 Å². The fourth-order valence-corrected chi connectivity index (χ4v) is 3.37. The Kier molecular flexibility index (Phi) is 2.02. The molecule has 1 nitrogen and oxygen atoms in total.